The van der Waals surface area contributed by atoms with Crippen LogP contribution >= 0.6 is 0 Å². The van der Waals surface area contributed by atoms with Crippen LogP contribution in [0.1, 0.15) is 51.7 Å². The van der Waals surface area contributed by atoms with Crippen LogP contribution < -0.4 is 10.6 Å². The fraction of sp³-hybridized carbons (Fsp3) is 0.348. The van der Waals surface area contributed by atoms with Crippen LogP contribution in [0.4, 0.5) is 21.7 Å². The zero-order valence-corrected chi connectivity index (χ0v) is 16.6. The van der Waals surface area contributed by atoms with E-state index in [-0.39, 0.29) is 11.9 Å². The Morgan fingerprint density at radius 3 is 2.63 bits per heavy atom. The third-order valence-corrected chi connectivity index (χ3v) is 4.48. The number of benzene rings is 1. The molecule has 0 fully saturated rings. The highest BCUT2D eigenvalue weighted by Gasteiger charge is 2.17. The predicted octanol–water partition coefficient (Wildman–Crippen LogP) is 6.22. The number of rotatable bonds is 8. The van der Waals surface area contributed by atoms with Gasteiger partial charge < -0.3 is 10.6 Å². The van der Waals surface area contributed by atoms with Crippen molar-refractivity contribution in [2.45, 2.75) is 46.6 Å². The van der Waals surface area contributed by atoms with Crippen molar-refractivity contribution in [1.82, 2.24) is 4.98 Å². The molecule has 1 aromatic heterocycles. The van der Waals surface area contributed by atoms with Crippen LogP contribution in [0.3, 0.4) is 0 Å². The van der Waals surface area contributed by atoms with Gasteiger partial charge in [0.25, 0.3) is 0 Å². The van der Waals surface area contributed by atoms with Crippen molar-refractivity contribution < 1.29 is 4.39 Å². The zero-order chi connectivity index (χ0) is 20.0. The van der Waals surface area contributed by atoms with Gasteiger partial charge >= 0.3 is 0 Å². The number of hydrogen-bond acceptors (Lipinski definition) is 3. The first-order valence-electron chi connectivity index (χ1n) is 9.32. The molecular weight excluding hydrogens is 337 g/mol. The van der Waals surface area contributed by atoms with Crippen LogP contribution in [0.2, 0.25) is 0 Å². The molecule has 1 unspecified atom stereocenters. The molecule has 0 saturated carbocycles. The summed E-state index contributed by atoms with van der Waals surface area (Å²) < 4.78 is 14.5. The Hall–Kier alpha value is -2.80. The summed E-state index contributed by atoms with van der Waals surface area (Å²) >= 11 is 0. The molecule has 0 amide bonds. The van der Waals surface area contributed by atoms with Crippen LogP contribution in [0.15, 0.2) is 36.9 Å². The molecule has 4 heteroatoms. The standard InChI is InChI=1S/C23H28FN3/c1-7-10-21(16(5)6)26-23-20(24)14-17(8-2)22(27-23)25-19-12-9-11-18(13-19)15(3)4/h2,9,11-14,16,21H,3,7,10H2,1,4-6H3,(H2,25,26,27). The second kappa shape index (κ2) is 9.23. The summed E-state index contributed by atoms with van der Waals surface area (Å²) in [4.78, 5) is 4.46. The van der Waals surface area contributed by atoms with Gasteiger partial charge in [-0.05, 0) is 43.0 Å². The van der Waals surface area contributed by atoms with E-state index in [2.05, 4.69) is 48.9 Å². The summed E-state index contributed by atoms with van der Waals surface area (Å²) in [5.41, 5.74) is 3.19. The molecule has 1 heterocycles. The predicted molar refractivity (Wildman–Crippen MR) is 114 cm³/mol. The molecule has 0 aliphatic carbocycles. The average molecular weight is 365 g/mol. The van der Waals surface area contributed by atoms with Crippen molar-refractivity contribution in [3.63, 3.8) is 0 Å². The minimum atomic E-state index is -0.439. The van der Waals surface area contributed by atoms with Gasteiger partial charge in [-0.2, -0.15) is 0 Å². The molecular formula is C23H28FN3. The molecule has 0 aliphatic rings. The normalized spacial score (nSPS) is 11.7. The van der Waals surface area contributed by atoms with Crippen molar-refractivity contribution in [3.8, 4) is 12.3 Å². The molecule has 1 atom stereocenters. The zero-order valence-electron chi connectivity index (χ0n) is 16.6. The van der Waals surface area contributed by atoms with E-state index in [1.165, 1.54) is 6.07 Å². The van der Waals surface area contributed by atoms with Gasteiger partial charge in [-0.1, -0.05) is 57.4 Å². The van der Waals surface area contributed by atoms with Gasteiger partial charge in [-0.3, -0.25) is 0 Å². The Bertz CT molecular complexity index is 849. The van der Waals surface area contributed by atoms with Gasteiger partial charge in [0.1, 0.15) is 5.82 Å². The lowest BCUT2D eigenvalue weighted by Crippen LogP contribution is -2.26. The van der Waals surface area contributed by atoms with Crippen LogP contribution in [-0.2, 0) is 0 Å². The molecule has 2 N–H and O–H groups in total. The van der Waals surface area contributed by atoms with E-state index in [0.29, 0.717) is 17.3 Å². The minimum Gasteiger partial charge on any atom is -0.365 e. The van der Waals surface area contributed by atoms with Crippen LogP contribution in [0, 0.1) is 24.1 Å². The maximum Gasteiger partial charge on any atom is 0.166 e. The van der Waals surface area contributed by atoms with E-state index in [0.717, 1.165) is 29.7 Å². The molecule has 3 nitrogen and oxygen atoms in total. The number of pyridine rings is 1. The fourth-order valence-corrected chi connectivity index (χ4v) is 2.85. The Kier molecular flexibility index (Phi) is 7.01. The fourth-order valence-electron chi connectivity index (χ4n) is 2.85. The van der Waals surface area contributed by atoms with Gasteiger partial charge in [0.15, 0.2) is 11.6 Å². The van der Waals surface area contributed by atoms with Gasteiger partial charge in [-0.15, -0.1) is 6.42 Å². The first kappa shape index (κ1) is 20.5. The van der Waals surface area contributed by atoms with E-state index in [4.69, 9.17) is 6.42 Å². The monoisotopic (exact) mass is 365 g/mol. The Balaban J connectivity index is 2.37. The number of aromatic nitrogens is 1. The molecule has 27 heavy (non-hydrogen) atoms. The summed E-state index contributed by atoms with van der Waals surface area (Å²) in [5.74, 6) is 3.12. The Morgan fingerprint density at radius 1 is 1.30 bits per heavy atom. The average Bonchev–Trinajstić information content (AvgIpc) is 2.63. The topological polar surface area (TPSA) is 37.0 Å². The highest BCUT2D eigenvalue weighted by molar-refractivity contribution is 5.70. The second-order valence-corrected chi connectivity index (χ2v) is 7.13. The lowest BCUT2D eigenvalue weighted by molar-refractivity contribution is 0.483. The van der Waals surface area contributed by atoms with Crippen molar-refractivity contribution >= 4 is 22.9 Å². The molecule has 0 radical (unpaired) electrons. The van der Waals surface area contributed by atoms with Crippen LogP contribution in [0.5, 0.6) is 0 Å². The Morgan fingerprint density at radius 2 is 2.04 bits per heavy atom. The van der Waals surface area contributed by atoms with E-state index >= 15 is 0 Å². The lowest BCUT2D eigenvalue weighted by atomic mass is 9.99. The first-order valence-corrected chi connectivity index (χ1v) is 9.32. The quantitative estimate of drug-likeness (QED) is 0.546. The summed E-state index contributed by atoms with van der Waals surface area (Å²) in [6, 6.07) is 9.30. The molecule has 0 bridgehead atoms. The number of terminal acetylenes is 1. The maximum atomic E-state index is 14.5. The molecule has 0 saturated heterocycles. The van der Waals surface area contributed by atoms with Gasteiger partial charge in [0, 0.05) is 11.7 Å². The van der Waals surface area contributed by atoms with Gasteiger partial charge in [0.05, 0.1) is 5.56 Å². The van der Waals surface area contributed by atoms with Crippen molar-refractivity contribution in [2.24, 2.45) is 5.92 Å². The first-order chi connectivity index (χ1) is 12.8. The maximum absolute atomic E-state index is 14.5. The lowest BCUT2D eigenvalue weighted by Gasteiger charge is -2.23. The largest absolute Gasteiger partial charge is 0.365 e. The smallest absolute Gasteiger partial charge is 0.166 e. The number of anilines is 3. The molecule has 1 aromatic carbocycles. The molecule has 142 valence electrons. The van der Waals surface area contributed by atoms with Gasteiger partial charge in [-0.25, -0.2) is 9.37 Å². The van der Waals surface area contributed by atoms with Crippen LogP contribution in [0.25, 0.3) is 5.57 Å². The highest BCUT2D eigenvalue weighted by Crippen LogP contribution is 2.26. The second-order valence-electron chi connectivity index (χ2n) is 7.13. The Labute approximate surface area is 162 Å². The highest BCUT2D eigenvalue weighted by atomic mass is 19.1. The number of halogens is 1. The summed E-state index contributed by atoms with van der Waals surface area (Å²) in [6.07, 6.45) is 7.52. The van der Waals surface area contributed by atoms with Gasteiger partial charge in [0.2, 0.25) is 0 Å². The van der Waals surface area contributed by atoms with E-state index in [9.17, 15) is 4.39 Å². The van der Waals surface area contributed by atoms with Crippen molar-refractivity contribution in [3.05, 3.63) is 53.9 Å². The third kappa shape index (κ3) is 5.34. The number of nitrogens with one attached hydrogen (secondary N) is 2. The SMILES string of the molecule is C#Cc1cc(F)c(NC(CCC)C(C)C)nc1Nc1cccc(C(=C)C)c1. The van der Waals surface area contributed by atoms with Crippen molar-refractivity contribution in [1.29, 1.82) is 0 Å². The number of hydrogen-bond donors (Lipinski definition) is 2. The summed E-state index contributed by atoms with van der Waals surface area (Å²) in [5, 5.41) is 6.47. The number of allylic oxidation sites excluding steroid dienone is 1. The van der Waals surface area contributed by atoms with E-state index in [1.54, 1.807) is 0 Å². The van der Waals surface area contributed by atoms with Crippen LogP contribution in [-0.4, -0.2) is 11.0 Å². The minimum absolute atomic E-state index is 0.147. The van der Waals surface area contributed by atoms with Crippen molar-refractivity contribution in [2.75, 3.05) is 10.6 Å². The summed E-state index contributed by atoms with van der Waals surface area (Å²) in [6.45, 7) is 12.3. The molecule has 0 aliphatic heterocycles. The molecule has 2 aromatic rings. The summed E-state index contributed by atoms with van der Waals surface area (Å²) in [7, 11) is 0. The van der Waals surface area contributed by atoms with E-state index in [1.807, 2.05) is 31.2 Å². The molecule has 2 rings (SSSR count). The third-order valence-electron chi connectivity index (χ3n) is 4.48. The van der Waals surface area contributed by atoms with E-state index < -0.39 is 5.82 Å². The number of nitrogens with zero attached hydrogens (tertiary/aromatic N) is 1. The molecule has 0 spiro atoms.